The van der Waals surface area contributed by atoms with Crippen LogP contribution in [0.3, 0.4) is 0 Å². The Morgan fingerprint density at radius 3 is 1.75 bits per heavy atom. The first kappa shape index (κ1) is 28.1. The van der Waals surface area contributed by atoms with Crippen LogP contribution in [0.1, 0.15) is 11.5 Å². The average molecular weight is 616 g/mol. The molecular weight excluding hydrogens is 583 g/mol. The van der Waals surface area contributed by atoms with Gasteiger partial charge >= 0.3 is 0 Å². The third kappa shape index (κ3) is 4.90. The van der Waals surface area contributed by atoms with Gasteiger partial charge in [-0.05, 0) is 86.6 Å². The van der Waals surface area contributed by atoms with E-state index in [1.54, 1.807) is 0 Å². The summed E-state index contributed by atoms with van der Waals surface area (Å²) in [6, 6.07) is 60.7. The number of benzene rings is 7. The Balaban J connectivity index is 1.22. The van der Waals surface area contributed by atoms with Crippen molar-refractivity contribution in [1.29, 1.82) is 0 Å². The van der Waals surface area contributed by atoms with Gasteiger partial charge in [0.05, 0.1) is 5.92 Å². The lowest BCUT2D eigenvalue weighted by Crippen LogP contribution is -2.29. The van der Waals surface area contributed by atoms with E-state index in [0.29, 0.717) is 0 Å². The first-order chi connectivity index (χ1) is 23.8. The van der Waals surface area contributed by atoms with Crippen molar-refractivity contribution >= 4 is 22.1 Å². The van der Waals surface area contributed by atoms with Gasteiger partial charge in [-0.15, -0.1) is 0 Å². The molecule has 0 radical (unpaired) electrons. The molecule has 0 saturated carbocycles. The Bertz CT molecular complexity index is 2310. The zero-order valence-corrected chi connectivity index (χ0v) is 26.4. The largest absolute Gasteiger partial charge is 0.485 e. The highest BCUT2D eigenvalue weighted by molar-refractivity contribution is 6.01. The Kier molecular flexibility index (Phi) is 6.98. The van der Waals surface area contributed by atoms with Gasteiger partial charge in [-0.1, -0.05) is 146 Å². The van der Waals surface area contributed by atoms with Crippen LogP contribution >= 0.6 is 0 Å². The second-order valence-corrected chi connectivity index (χ2v) is 12.4. The number of ether oxygens (including phenoxy) is 1. The van der Waals surface area contributed by atoms with Crippen molar-refractivity contribution in [1.82, 2.24) is 0 Å². The van der Waals surface area contributed by atoms with Gasteiger partial charge in [0.2, 0.25) is 0 Å². The van der Waals surface area contributed by atoms with Crippen LogP contribution in [0.4, 0.5) is 11.4 Å². The topological polar surface area (TPSA) is 12.5 Å². The summed E-state index contributed by atoms with van der Waals surface area (Å²) in [5.41, 5.74) is 11.8. The predicted molar refractivity (Wildman–Crippen MR) is 200 cm³/mol. The van der Waals surface area contributed by atoms with Crippen LogP contribution in [0.25, 0.3) is 44.2 Å². The van der Waals surface area contributed by atoms with E-state index in [2.05, 4.69) is 193 Å². The van der Waals surface area contributed by atoms with Crippen molar-refractivity contribution < 1.29 is 4.74 Å². The van der Waals surface area contributed by atoms with Gasteiger partial charge < -0.3 is 9.64 Å². The normalized spacial score (nSPS) is 16.1. The van der Waals surface area contributed by atoms with Crippen LogP contribution in [0.5, 0.6) is 5.75 Å². The zero-order chi connectivity index (χ0) is 31.9. The molecular formula is C46H33NO. The Hall–Kier alpha value is -6.12. The molecule has 9 rings (SSSR count). The van der Waals surface area contributed by atoms with Gasteiger partial charge in [0.1, 0.15) is 11.9 Å². The van der Waals surface area contributed by atoms with Gasteiger partial charge in [0.15, 0.2) is 0 Å². The minimum atomic E-state index is -0.113. The lowest BCUT2D eigenvalue weighted by atomic mass is 9.83. The Labute approximate surface area is 281 Å². The number of anilines is 2. The van der Waals surface area contributed by atoms with Crippen molar-refractivity contribution in [2.75, 3.05) is 4.90 Å². The van der Waals surface area contributed by atoms with Crippen LogP contribution in [-0.2, 0) is 0 Å². The van der Waals surface area contributed by atoms with Gasteiger partial charge in [-0.3, -0.25) is 0 Å². The molecule has 0 spiro atoms. The molecule has 0 N–H and O–H groups in total. The average Bonchev–Trinajstić information content (AvgIpc) is 3.56. The maximum atomic E-state index is 6.85. The SMILES string of the molecule is C1=CC2Oc3cc(-c4ccccc4)c4ccccc4c3C2C(N(c2ccc(-c3ccccc3)cc2)c2cccc(-c3ccccc3)c2)=C1. The minimum absolute atomic E-state index is 0.00825. The highest BCUT2D eigenvalue weighted by Gasteiger charge is 2.41. The monoisotopic (exact) mass is 615 g/mol. The summed E-state index contributed by atoms with van der Waals surface area (Å²) in [7, 11) is 0. The van der Waals surface area contributed by atoms with Crippen molar-refractivity contribution in [3.8, 4) is 39.1 Å². The number of hydrogen-bond donors (Lipinski definition) is 0. The van der Waals surface area contributed by atoms with Crippen molar-refractivity contribution in [2.24, 2.45) is 0 Å². The molecule has 48 heavy (non-hydrogen) atoms. The summed E-state index contributed by atoms with van der Waals surface area (Å²) in [6.45, 7) is 0. The van der Waals surface area contributed by atoms with Crippen molar-refractivity contribution in [3.63, 3.8) is 0 Å². The number of allylic oxidation sites excluding steroid dienone is 2. The van der Waals surface area contributed by atoms with E-state index >= 15 is 0 Å². The summed E-state index contributed by atoms with van der Waals surface area (Å²) in [5.74, 6) is 0.964. The van der Waals surface area contributed by atoms with E-state index < -0.39 is 0 Å². The van der Waals surface area contributed by atoms with Gasteiger partial charge in [-0.25, -0.2) is 0 Å². The highest BCUT2D eigenvalue weighted by Crippen LogP contribution is 2.52. The van der Waals surface area contributed by atoms with Gasteiger partial charge in [0.25, 0.3) is 0 Å². The summed E-state index contributed by atoms with van der Waals surface area (Å²) in [6.07, 6.45) is 6.54. The molecule has 0 bridgehead atoms. The van der Waals surface area contributed by atoms with Crippen LogP contribution in [-0.4, -0.2) is 6.10 Å². The van der Waals surface area contributed by atoms with Crippen molar-refractivity contribution in [2.45, 2.75) is 12.0 Å². The molecule has 2 aliphatic rings. The first-order valence-electron chi connectivity index (χ1n) is 16.6. The Morgan fingerprint density at radius 2 is 1.04 bits per heavy atom. The third-order valence-electron chi connectivity index (χ3n) is 9.62. The quantitative estimate of drug-likeness (QED) is 0.185. The smallest absolute Gasteiger partial charge is 0.130 e. The molecule has 1 heterocycles. The van der Waals surface area contributed by atoms with Crippen LogP contribution in [0.15, 0.2) is 194 Å². The summed E-state index contributed by atoms with van der Waals surface area (Å²) < 4.78 is 6.85. The molecule has 2 heteroatoms. The van der Waals surface area contributed by atoms with E-state index in [0.717, 1.165) is 17.1 Å². The fraction of sp³-hybridized carbons (Fsp3) is 0.0435. The van der Waals surface area contributed by atoms with E-state index in [4.69, 9.17) is 4.74 Å². The van der Waals surface area contributed by atoms with Gasteiger partial charge in [-0.2, -0.15) is 0 Å². The maximum absolute atomic E-state index is 6.85. The number of nitrogens with zero attached hydrogens (tertiary/aromatic N) is 1. The van der Waals surface area contributed by atoms with E-state index in [9.17, 15) is 0 Å². The fourth-order valence-corrected chi connectivity index (χ4v) is 7.41. The van der Waals surface area contributed by atoms with Gasteiger partial charge in [0, 0.05) is 22.6 Å². The molecule has 2 nitrogen and oxygen atoms in total. The second-order valence-electron chi connectivity index (χ2n) is 12.4. The molecule has 228 valence electrons. The maximum Gasteiger partial charge on any atom is 0.130 e. The standard InChI is InChI=1S/C46H33NO/c1-4-14-32(15-5-1)34-26-28-37(29-27-34)47(38-21-12-20-36(30-38)33-16-6-2-7-17-33)42-24-13-25-43-46(42)45-40-23-11-10-22-39(40)41(31-44(45)48-43)35-18-8-3-9-19-35/h1-31,43,46H. The number of hydrogen-bond acceptors (Lipinski definition) is 2. The predicted octanol–water partition coefficient (Wildman–Crippen LogP) is 12.0. The van der Waals surface area contributed by atoms with E-state index in [1.807, 2.05) is 0 Å². The molecule has 1 aliphatic carbocycles. The van der Waals surface area contributed by atoms with Crippen LogP contribution in [0, 0.1) is 0 Å². The molecule has 0 aromatic heterocycles. The van der Waals surface area contributed by atoms with E-state index in [1.165, 1.54) is 55.4 Å². The number of rotatable bonds is 6. The number of fused-ring (bicyclic) bond motifs is 5. The third-order valence-corrected chi connectivity index (χ3v) is 9.62. The summed E-state index contributed by atoms with van der Waals surface area (Å²) in [4.78, 5) is 2.43. The molecule has 0 fully saturated rings. The lowest BCUT2D eigenvalue weighted by Gasteiger charge is -2.34. The lowest BCUT2D eigenvalue weighted by molar-refractivity contribution is 0.264. The van der Waals surface area contributed by atoms with Crippen LogP contribution < -0.4 is 9.64 Å². The molecule has 0 saturated heterocycles. The zero-order valence-electron chi connectivity index (χ0n) is 26.4. The molecule has 2 unspecified atom stereocenters. The first-order valence-corrected chi connectivity index (χ1v) is 16.6. The highest BCUT2D eigenvalue weighted by atomic mass is 16.5. The van der Waals surface area contributed by atoms with Crippen LogP contribution in [0.2, 0.25) is 0 Å². The molecule has 1 aliphatic heterocycles. The Morgan fingerprint density at radius 1 is 0.458 bits per heavy atom. The second kappa shape index (κ2) is 11.9. The summed E-state index contributed by atoms with van der Waals surface area (Å²) >= 11 is 0. The molecule has 7 aromatic rings. The minimum Gasteiger partial charge on any atom is -0.485 e. The summed E-state index contributed by atoms with van der Waals surface area (Å²) in [5, 5.41) is 2.48. The van der Waals surface area contributed by atoms with Crippen molar-refractivity contribution in [3.05, 3.63) is 199 Å². The fourth-order valence-electron chi connectivity index (χ4n) is 7.41. The molecule has 2 atom stereocenters. The molecule has 0 amide bonds. The molecule has 7 aromatic carbocycles. The van der Waals surface area contributed by atoms with E-state index in [-0.39, 0.29) is 12.0 Å².